The van der Waals surface area contributed by atoms with Gasteiger partial charge in [0.05, 0.1) is 5.60 Å². The Morgan fingerprint density at radius 1 is 1.36 bits per heavy atom. The average Bonchev–Trinajstić information content (AvgIpc) is 2.03. The number of rotatable bonds is 2. The molecule has 2 N–H and O–H groups in total. The van der Waals surface area contributed by atoms with Gasteiger partial charge in [0, 0.05) is 5.92 Å². The van der Waals surface area contributed by atoms with Crippen LogP contribution in [0.4, 0.5) is 0 Å². The zero-order valence-corrected chi connectivity index (χ0v) is 8.69. The van der Waals surface area contributed by atoms with Crippen LogP contribution in [0.2, 0.25) is 0 Å². The van der Waals surface area contributed by atoms with Gasteiger partial charge in [0.1, 0.15) is 5.41 Å². The first-order chi connectivity index (χ1) is 6.26. The fourth-order valence-electron chi connectivity index (χ4n) is 1.34. The molecule has 0 heterocycles. The molecule has 1 aliphatic rings. The molecule has 0 saturated heterocycles. The predicted molar refractivity (Wildman–Crippen MR) is 53.8 cm³/mol. The summed E-state index contributed by atoms with van der Waals surface area (Å²) in [6, 6.07) is 0. The van der Waals surface area contributed by atoms with Crippen molar-refractivity contribution in [1.82, 2.24) is 0 Å². The molecule has 0 aromatic heterocycles. The molecule has 0 spiro atoms. The van der Waals surface area contributed by atoms with E-state index < -0.39 is 17.0 Å². The van der Waals surface area contributed by atoms with E-state index in [1.54, 1.807) is 45.1 Å². The molecule has 0 bridgehead atoms. The van der Waals surface area contributed by atoms with Crippen LogP contribution in [0.25, 0.3) is 0 Å². The van der Waals surface area contributed by atoms with Crippen LogP contribution in [0.5, 0.6) is 0 Å². The fraction of sp³-hybridized carbons (Fsp3) is 0.545. The minimum Gasteiger partial charge on any atom is -0.480 e. The van der Waals surface area contributed by atoms with Crippen LogP contribution in [0.1, 0.15) is 20.8 Å². The molecule has 0 aromatic rings. The van der Waals surface area contributed by atoms with Crippen molar-refractivity contribution in [3.8, 4) is 0 Å². The third-order valence-corrected chi connectivity index (χ3v) is 2.58. The number of carboxylic acid groups (broad SMARTS) is 1. The second kappa shape index (κ2) is 3.24. The summed E-state index contributed by atoms with van der Waals surface area (Å²) in [5.74, 6) is -0.992. The first-order valence-corrected chi connectivity index (χ1v) is 4.60. The highest BCUT2D eigenvalue weighted by Crippen LogP contribution is 2.31. The average molecular weight is 196 g/mol. The van der Waals surface area contributed by atoms with Crippen molar-refractivity contribution in [3.05, 3.63) is 24.3 Å². The quantitative estimate of drug-likeness (QED) is 0.659. The van der Waals surface area contributed by atoms with Gasteiger partial charge in [0.25, 0.3) is 0 Å². The van der Waals surface area contributed by atoms with E-state index in [-0.39, 0.29) is 5.92 Å². The van der Waals surface area contributed by atoms with Crippen LogP contribution in [-0.4, -0.2) is 21.8 Å². The smallest absolute Gasteiger partial charge is 0.317 e. The molecule has 0 radical (unpaired) electrons. The molecule has 0 saturated carbocycles. The van der Waals surface area contributed by atoms with E-state index in [1.165, 1.54) is 0 Å². The Bertz CT molecular complexity index is 280. The number of hydrogen-bond donors (Lipinski definition) is 2. The summed E-state index contributed by atoms with van der Waals surface area (Å²) < 4.78 is 0. The maximum Gasteiger partial charge on any atom is 0.317 e. The summed E-state index contributed by atoms with van der Waals surface area (Å²) in [6.45, 7) is 5.04. The summed E-state index contributed by atoms with van der Waals surface area (Å²) in [5, 5.41) is 18.6. The summed E-state index contributed by atoms with van der Waals surface area (Å²) >= 11 is 0. The lowest BCUT2D eigenvalue weighted by atomic mass is 9.79. The zero-order chi connectivity index (χ0) is 11.0. The first kappa shape index (κ1) is 11.0. The molecule has 0 aromatic carbocycles. The lowest BCUT2D eigenvalue weighted by Crippen LogP contribution is -2.32. The summed E-state index contributed by atoms with van der Waals surface area (Å²) in [5.41, 5.74) is -1.77. The Balaban J connectivity index is 2.85. The van der Waals surface area contributed by atoms with Crippen molar-refractivity contribution < 1.29 is 15.0 Å². The van der Waals surface area contributed by atoms with Gasteiger partial charge in [0.2, 0.25) is 0 Å². The van der Waals surface area contributed by atoms with Crippen LogP contribution < -0.4 is 0 Å². The van der Waals surface area contributed by atoms with Gasteiger partial charge in [-0.1, -0.05) is 24.3 Å². The number of hydrogen-bond acceptors (Lipinski definition) is 2. The highest BCUT2D eigenvalue weighted by Gasteiger charge is 2.33. The molecule has 0 amide bonds. The summed E-state index contributed by atoms with van der Waals surface area (Å²) in [6.07, 6.45) is 6.73. The lowest BCUT2D eigenvalue weighted by Gasteiger charge is -2.29. The van der Waals surface area contributed by atoms with E-state index in [4.69, 9.17) is 5.11 Å². The van der Waals surface area contributed by atoms with Crippen molar-refractivity contribution in [3.63, 3.8) is 0 Å². The molecule has 0 fully saturated rings. The number of aliphatic hydroxyl groups is 1. The van der Waals surface area contributed by atoms with Gasteiger partial charge in [-0.25, -0.2) is 0 Å². The second-order valence-corrected chi connectivity index (χ2v) is 4.49. The van der Waals surface area contributed by atoms with Crippen LogP contribution in [-0.2, 0) is 4.79 Å². The predicted octanol–water partition coefficient (Wildman–Crippen LogP) is 1.59. The van der Waals surface area contributed by atoms with Crippen LogP contribution in [0.3, 0.4) is 0 Å². The third-order valence-electron chi connectivity index (χ3n) is 2.58. The van der Waals surface area contributed by atoms with E-state index in [1.807, 2.05) is 0 Å². The highest BCUT2D eigenvalue weighted by atomic mass is 16.4. The molecule has 14 heavy (non-hydrogen) atoms. The van der Waals surface area contributed by atoms with Crippen LogP contribution in [0, 0.1) is 11.3 Å². The molecule has 3 heteroatoms. The Morgan fingerprint density at radius 2 is 1.79 bits per heavy atom. The van der Waals surface area contributed by atoms with Gasteiger partial charge >= 0.3 is 5.97 Å². The lowest BCUT2D eigenvalue weighted by molar-refractivity contribution is -0.143. The topological polar surface area (TPSA) is 57.5 Å². The van der Waals surface area contributed by atoms with E-state index in [9.17, 15) is 9.90 Å². The van der Waals surface area contributed by atoms with Crippen molar-refractivity contribution in [2.75, 3.05) is 0 Å². The van der Waals surface area contributed by atoms with Gasteiger partial charge in [-0.05, 0) is 20.8 Å². The van der Waals surface area contributed by atoms with Gasteiger partial charge < -0.3 is 10.2 Å². The Morgan fingerprint density at radius 3 is 2.07 bits per heavy atom. The van der Waals surface area contributed by atoms with E-state index in [2.05, 4.69) is 0 Å². The van der Waals surface area contributed by atoms with Crippen molar-refractivity contribution >= 4 is 5.97 Å². The maximum atomic E-state index is 10.9. The van der Waals surface area contributed by atoms with E-state index >= 15 is 0 Å². The summed E-state index contributed by atoms with van der Waals surface area (Å²) in [7, 11) is 0. The van der Waals surface area contributed by atoms with Gasteiger partial charge in [-0.15, -0.1) is 0 Å². The van der Waals surface area contributed by atoms with Crippen molar-refractivity contribution in [2.24, 2.45) is 11.3 Å². The van der Waals surface area contributed by atoms with E-state index in [0.29, 0.717) is 0 Å². The van der Waals surface area contributed by atoms with Crippen molar-refractivity contribution in [1.29, 1.82) is 0 Å². The molecule has 0 atom stereocenters. The van der Waals surface area contributed by atoms with Crippen LogP contribution in [0.15, 0.2) is 24.3 Å². The highest BCUT2D eigenvalue weighted by molar-refractivity contribution is 5.79. The number of carbonyl (C=O) groups is 1. The number of aliphatic carboxylic acids is 1. The molecular weight excluding hydrogens is 180 g/mol. The Kier molecular flexibility index (Phi) is 2.54. The zero-order valence-electron chi connectivity index (χ0n) is 8.69. The SMILES string of the molecule is CC1(C(=O)O)C=CC(C(C)(C)O)C=C1. The standard InChI is InChI=1S/C11H16O3/c1-10(2,14)8-4-6-11(3,7-5-8)9(12)13/h4-8,14H,1-3H3,(H,12,13). The van der Waals surface area contributed by atoms with Gasteiger partial charge in [-0.3, -0.25) is 4.79 Å². The summed E-state index contributed by atoms with van der Waals surface area (Å²) in [4.78, 5) is 10.9. The Hall–Kier alpha value is -1.09. The fourth-order valence-corrected chi connectivity index (χ4v) is 1.34. The minimum absolute atomic E-state index is 0.116. The molecule has 1 aliphatic carbocycles. The first-order valence-electron chi connectivity index (χ1n) is 4.60. The monoisotopic (exact) mass is 196 g/mol. The van der Waals surface area contributed by atoms with Gasteiger partial charge in [-0.2, -0.15) is 0 Å². The normalized spacial score (nSPS) is 31.9. The molecule has 0 unspecified atom stereocenters. The van der Waals surface area contributed by atoms with Gasteiger partial charge in [0.15, 0.2) is 0 Å². The molecular formula is C11H16O3. The minimum atomic E-state index is -0.929. The largest absolute Gasteiger partial charge is 0.480 e. The Labute approximate surface area is 83.8 Å². The van der Waals surface area contributed by atoms with Crippen LogP contribution >= 0.6 is 0 Å². The third kappa shape index (κ3) is 2.04. The van der Waals surface area contributed by atoms with E-state index in [0.717, 1.165) is 0 Å². The molecule has 78 valence electrons. The second-order valence-electron chi connectivity index (χ2n) is 4.49. The number of carboxylic acids is 1. The molecule has 3 nitrogen and oxygen atoms in total. The van der Waals surface area contributed by atoms with Crippen molar-refractivity contribution in [2.45, 2.75) is 26.4 Å². The maximum absolute atomic E-state index is 10.9. The molecule has 0 aliphatic heterocycles. The molecule has 1 rings (SSSR count).